The summed E-state index contributed by atoms with van der Waals surface area (Å²) in [5.41, 5.74) is -1.05. The largest absolute Gasteiger partial charge is 0.401 e. The second kappa shape index (κ2) is 5.73. The Labute approximate surface area is 152 Å². The molecule has 1 aliphatic carbocycles. The molecule has 11 heteroatoms. The van der Waals surface area contributed by atoms with E-state index in [1.54, 1.807) is 28.9 Å². The lowest BCUT2D eigenvalue weighted by atomic mass is 10.0. The van der Waals surface area contributed by atoms with Crippen LogP contribution >= 0.6 is 15.9 Å². The SMILES string of the molecule is O=C(Nc1cc(C2(C(F)(F)F)CC2)on1)Nc1ccc(Br)n2ccnc12. The number of alkyl halides is 3. The van der Waals surface area contributed by atoms with Crippen molar-refractivity contribution in [3.63, 3.8) is 0 Å². The van der Waals surface area contributed by atoms with Gasteiger partial charge in [0.25, 0.3) is 0 Å². The minimum Gasteiger partial charge on any atom is -0.358 e. The van der Waals surface area contributed by atoms with Gasteiger partial charge in [0.2, 0.25) is 0 Å². The van der Waals surface area contributed by atoms with Gasteiger partial charge in [-0.05, 0) is 40.9 Å². The Morgan fingerprint density at radius 2 is 2.08 bits per heavy atom. The van der Waals surface area contributed by atoms with E-state index in [9.17, 15) is 18.0 Å². The molecule has 1 saturated carbocycles. The molecule has 1 aliphatic rings. The third kappa shape index (κ3) is 2.71. The number of anilines is 2. The molecular formula is C15H11BrF3N5O2. The molecule has 0 atom stereocenters. The third-order valence-electron chi connectivity index (χ3n) is 4.26. The molecule has 0 aliphatic heterocycles. The van der Waals surface area contributed by atoms with E-state index in [1.165, 1.54) is 0 Å². The van der Waals surface area contributed by atoms with Crippen LogP contribution in [-0.4, -0.2) is 26.7 Å². The molecule has 2 amide bonds. The highest BCUT2D eigenvalue weighted by Gasteiger charge is 2.66. The van der Waals surface area contributed by atoms with E-state index in [1.807, 2.05) is 0 Å². The summed E-state index contributed by atoms with van der Waals surface area (Å²) in [5, 5.41) is 8.45. The van der Waals surface area contributed by atoms with E-state index >= 15 is 0 Å². The lowest BCUT2D eigenvalue weighted by Gasteiger charge is -2.14. The molecule has 0 bridgehead atoms. The zero-order valence-electron chi connectivity index (χ0n) is 13.0. The van der Waals surface area contributed by atoms with Gasteiger partial charge in [0.05, 0.1) is 10.3 Å². The van der Waals surface area contributed by atoms with Crippen molar-refractivity contribution < 1.29 is 22.5 Å². The molecule has 0 saturated heterocycles. The second-order valence-electron chi connectivity index (χ2n) is 5.93. The fourth-order valence-electron chi connectivity index (χ4n) is 2.70. The monoisotopic (exact) mass is 429 g/mol. The number of aromatic nitrogens is 3. The van der Waals surface area contributed by atoms with Crippen LogP contribution in [0.3, 0.4) is 0 Å². The Morgan fingerprint density at radius 3 is 2.77 bits per heavy atom. The van der Waals surface area contributed by atoms with Gasteiger partial charge in [0.1, 0.15) is 5.41 Å². The average molecular weight is 430 g/mol. The summed E-state index contributed by atoms with van der Waals surface area (Å²) >= 11 is 3.35. The van der Waals surface area contributed by atoms with Crippen LogP contribution in [0.4, 0.5) is 29.5 Å². The number of nitrogens with zero attached hydrogens (tertiary/aromatic N) is 3. The van der Waals surface area contributed by atoms with Crippen LogP contribution in [0, 0.1) is 0 Å². The molecule has 3 aromatic heterocycles. The number of urea groups is 1. The van der Waals surface area contributed by atoms with Crippen molar-refractivity contribution in [2.75, 3.05) is 10.6 Å². The van der Waals surface area contributed by atoms with Gasteiger partial charge in [-0.25, -0.2) is 9.78 Å². The van der Waals surface area contributed by atoms with Crippen LogP contribution in [-0.2, 0) is 5.41 Å². The maximum Gasteiger partial charge on any atom is 0.401 e. The van der Waals surface area contributed by atoms with Gasteiger partial charge >= 0.3 is 12.2 Å². The van der Waals surface area contributed by atoms with E-state index in [-0.39, 0.29) is 24.4 Å². The molecule has 7 nitrogen and oxygen atoms in total. The van der Waals surface area contributed by atoms with Crippen LogP contribution in [0.15, 0.2) is 39.7 Å². The Hall–Kier alpha value is -2.56. The van der Waals surface area contributed by atoms with E-state index < -0.39 is 17.6 Å². The highest BCUT2D eigenvalue weighted by Crippen LogP contribution is 2.59. The van der Waals surface area contributed by atoms with Crippen molar-refractivity contribution in [1.82, 2.24) is 14.5 Å². The summed E-state index contributed by atoms with van der Waals surface area (Å²) in [4.78, 5) is 16.3. The highest BCUT2D eigenvalue weighted by molar-refractivity contribution is 9.10. The van der Waals surface area contributed by atoms with E-state index in [0.29, 0.717) is 11.3 Å². The van der Waals surface area contributed by atoms with Crippen molar-refractivity contribution in [3.8, 4) is 0 Å². The van der Waals surface area contributed by atoms with Crippen molar-refractivity contribution in [2.24, 2.45) is 0 Å². The number of amides is 2. The quantitative estimate of drug-likeness (QED) is 0.607. The summed E-state index contributed by atoms with van der Waals surface area (Å²) in [7, 11) is 0. The maximum atomic E-state index is 13.1. The molecule has 136 valence electrons. The average Bonchev–Trinajstić information content (AvgIpc) is 3.02. The van der Waals surface area contributed by atoms with Gasteiger partial charge < -0.3 is 9.84 Å². The standard InChI is InChI=1S/C15H11BrF3N5O2/c16-10-2-1-8(12-20-5-6-24(10)12)21-13(25)22-11-7-9(26-23-11)14(3-4-14)15(17,18)19/h1-2,5-7H,3-4H2,(H2,21,22,23,25). The molecule has 3 heterocycles. The first-order valence-corrected chi connectivity index (χ1v) is 8.33. The van der Waals surface area contributed by atoms with Crippen molar-refractivity contribution in [3.05, 3.63) is 41.0 Å². The van der Waals surface area contributed by atoms with Crippen molar-refractivity contribution >= 4 is 39.1 Å². The number of hydrogen-bond acceptors (Lipinski definition) is 4. The number of carbonyl (C=O) groups is 1. The first-order valence-electron chi connectivity index (χ1n) is 7.54. The Bertz CT molecular complexity index is 993. The molecular weight excluding hydrogens is 419 g/mol. The van der Waals surface area contributed by atoms with Gasteiger partial charge in [-0.1, -0.05) is 5.16 Å². The Balaban J connectivity index is 1.49. The normalized spacial score (nSPS) is 15.8. The molecule has 3 aromatic rings. The molecule has 0 radical (unpaired) electrons. The molecule has 0 spiro atoms. The number of rotatable bonds is 3. The minimum atomic E-state index is -4.41. The zero-order chi connectivity index (χ0) is 18.5. The number of pyridine rings is 1. The smallest absolute Gasteiger partial charge is 0.358 e. The minimum absolute atomic E-state index is 0.0475. The Kier molecular flexibility index (Phi) is 3.72. The molecule has 2 N–H and O–H groups in total. The summed E-state index contributed by atoms with van der Waals surface area (Å²) in [6.07, 6.45) is -1.23. The fourth-order valence-corrected chi connectivity index (χ4v) is 3.12. The van der Waals surface area contributed by atoms with Gasteiger partial charge in [-0.15, -0.1) is 0 Å². The van der Waals surface area contributed by atoms with Gasteiger partial charge in [0, 0.05) is 18.5 Å². The van der Waals surface area contributed by atoms with Crippen molar-refractivity contribution in [1.29, 1.82) is 0 Å². The van der Waals surface area contributed by atoms with Gasteiger partial charge in [-0.3, -0.25) is 9.72 Å². The lowest BCUT2D eigenvalue weighted by Crippen LogP contribution is -2.28. The van der Waals surface area contributed by atoms with E-state index in [4.69, 9.17) is 4.52 Å². The summed E-state index contributed by atoms with van der Waals surface area (Å²) in [5.74, 6) is -0.385. The zero-order valence-corrected chi connectivity index (χ0v) is 14.6. The topological polar surface area (TPSA) is 84.5 Å². The van der Waals surface area contributed by atoms with Crippen LogP contribution in [0.5, 0.6) is 0 Å². The van der Waals surface area contributed by atoms with Gasteiger partial charge in [-0.2, -0.15) is 13.2 Å². The van der Waals surface area contributed by atoms with Crippen LogP contribution in [0.1, 0.15) is 18.6 Å². The van der Waals surface area contributed by atoms with Crippen molar-refractivity contribution in [2.45, 2.75) is 24.4 Å². The highest BCUT2D eigenvalue weighted by atomic mass is 79.9. The molecule has 1 fully saturated rings. The number of imidazole rings is 1. The summed E-state index contributed by atoms with van der Waals surface area (Å²) in [6.45, 7) is 0. The Morgan fingerprint density at radius 1 is 1.31 bits per heavy atom. The second-order valence-corrected chi connectivity index (χ2v) is 6.74. The predicted molar refractivity (Wildman–Crippen MR) is 89.0 cm³/mol. The number of carbonyl (C=O) groups excluding carboxylic acids is 1. The van der Waals surface area contributed by atoms with Crippen LogP contribution < -0.4 is 10.6 Å². The van der Waals surface area contributed by atoms with E-state index in [0.717, 1.165) is 10.7 Å². The predicted octanol–water partition coefficient (Wildman–Crippen LogP) is 4.32. The van der Waals surface area contributed by atoms with Crippen LogP contribution in [0.2, 0.25) is 0 Å². The number of halogens is 4. The van der Waals surface area contributed by atoms with E-state index in [2.05, 4.69) is 36.7 Å². The number of fused-ring (bicyclic) bond motifs is 1. The molecule has 0 aromatic carbocycles. The fraction of sp³-hybridized carbons (Fsp3) is 0.267. The third-order valence-corrected chi connectivity index (χ3v) is 4.91. The maximum absolute atomic E-state index is 13.1. The number of hydrogen-bond donors (Lipinski definition) is 2. The number of nitrogens with one attached hydrogen (secondary N) is 2. The molecule has 4 rings (SSSR count). The molecule has 0 unspecified atom stereocenters. The van der Waals surface area contributed by atoms with Gasteiger partial charge in [0.15, 0.2) is 17.2 Å². The van der Waals surface area contributed by atoms with Crippen LogP contribution in [0.25, 0.3) is 5.65 Å². The first-order chi connectivity index (χ1) is 12.3. The summed E-state index contributed by atoms with van der Waals surface area (Å²) < 4.78 is 46.5. The lowest BCUT2D eigenvalue weighted by molar-refractivity contribution is -0.165. The summed E-state index contributed by atoms with van der Waals surface area (Å²) in [6, 6.07) is 3.79. The molecule has 26 heavy (non-hydrogen) atoms. The first kappa shape index (κ1) is 16.9.